The van der Waals surface area contributed by atoms with Crippen LogP contribution in [0, 0.1) is 5.82 Å². The number of rotatable bonds is 6. The summed E-state index contributed by atoms with van der Waals surface area (Å²) in [5.74, 6) is -1.26. The van der Waals surface area contributed by atoms with Gasteiger partial charge in [-0.2, -0.15) is 0 Å². The van der Waals surface area contributed by atoms with Crippen LogP contribution in [-0.2, 0) is 31.6 Å². The molecule has 3 rings (SSSR count). The van der Waals surface area contributed by atoms with Crippen LogP contribution >= 0.6 is 0 Å². The Morgan fingerprint density at radius 2 is 1.79 bits per heavy atom. The topological polar surface area (TPSA) is 97.3 Å². The summed E-state index contributed by atoms with van der Waals surface area (Å²) in [4.78, 5) is 16.2. The van der Waals surface area contributed by atoms with Gasteiger partial charge in [-0.3, -0.25) is 0 Å². The maximum absolute atomic E-state index is 14.9. The van der Waals surface area contributed by atoms with Gasteiger partial charge in [-0.25, -0.2) is 21.9 Å². The van der Waals surface area contributed by atoms with Gasteiger partial charge in [0.1, 0.15) is 11.4 Å². The smallest absolute Gasteiger partial charge is 0.437 e. The zero-order valence-electron chi connectivity index (χ0n) is 19.7. The van der Waals surface area contributed by atoms with E-state index in [1.54, 1.807) is 26.8 Å². The minimum absolute atomic E-state index is 0.112. The number of sulfonamides is 1. The van der Waals surface area contributed by atoms with Gasteiger partial charge in [0.15, 0.2) is 0 Å². The molecule has 1 amide bonds. The largest absolute Gasteiger partial charge is 0.442 e. The molecule has 8 nitrogen and oxygen atoms in total. The Kier molecular flexibility index (Phi) is 7.62. The molecule has 1 aliphatic rings. The number of aliphatic imine (C=N–C) groups is 1. The number of ether oxygens (including phenoxy) is 2. The van der Waals surface area contributed by atoms with Gasteiger partial charge in [-0.15, -0.1) is 4.99 Å². The Bertz CT molecular complexity index is 1150. The minimum atomic E-state index is -3.95. The van der Waals surface area contributed by atoms with Gasteiger partial charge in [-0.05, 0) is 38.8 Å². The lowest BCUT2D eigenvalue weighted by Gasteiger charge is -2.43. The molecule has 10 heteroatoms. The Labute approximate surface area is 199 Å². The number of carbonyl (C=O) groups is 1. The predicted octanol–water partition coefficient (Wildman–Crippen LogP) is 3.78. The van der Waals surface area contributed by atoms with E-state index in [2.05, 4.69) is 10.3 Å². The summed E-state index contributed by atoms with van der Waals surface area (Å²) in [6.07, 6.45) is -0.844. The molecule has 0 saturated carbocycles. The summed E-state index contributed by atoms with van der Waals surface area (Å²) >= 11 is 0. The summed E-state index contributed by atoms with van der Waals surface area (Å²) in [6, 6.07) is 15.4. The van der Waals surface area contributed by atoms with Crippen molar-refractivity contribution in [3.63, 3.8) is 0 Å². The van der Waals surface area contributed by atoms with Crippen LogP contribution in [0.4, 0.5) is 9.18 Å². The summed E-state index contributed by atoms with van der Waals surface area (Å²) < 4.78 is 53.0. The lowest BCUT2D eigenvalue weighted by Crippen LogP contribution is -2.63. The molecule has 2 aromatic rings. The van der Waals surface area contributed by atoms with E-state index in [1.165, 1.54) is 25.2 Å². The number of amides is 1. The molecule has 1 saturated heterocycles. The van der Waals surface area contributed by atoms with E-state index in [1.807, 2.05) is 30.3 Å². The number of nitrogens with one attached hydrogen (secondary N) is 1. The third-order valence-electron chi connectivity index (χ3n) is 5.26. The van der Waals surface area contributed by atoms with Gasteiger partial charge < -0.3 is 14.8 Å². The van der Waals surface area contributed by atoms with Crippen molar-refractivity contribution in [1.82, 2.24) is 9.62 Å². The SMILES string of the molecule is CN1/C(=N/C(=O)OC(C)(C)C)NC(CCOCc2ccccc2)(c2ccccc2F)CS1(=O)=O. The number of nitrogens with zero attached hydrogens (tertiary/aromatic N) is 2. The van der Waals surface area contributed by atoms with Gasteiger partial charge in [-0.1, -0.05) is 48.5 Å². The molecule has 1 atom stereocenters. The second kappa shape index (κ2) is 10.1. The molecule has 1 fully saturated rings. The van der Waals surface area contributed by atoms with Crippen molar-refractivity contribution in [1.29, 1.82) is 0 Å². The molecule has 34 heavy (non-hydrogen) atoms. The first-order valence-corrected chi connectivity index (χ1v) is 12.5. The third-order valence-corrected chi connectivity index (χ3v) is 7.13. The maximum atomic E-state index is 14.9. The van der Waals surface area contributed by atoms with Crippen LogP contribution in [0.15, 0.2) is 59.6 Å². The first kappa shape index (κ1) is 25.6. The predicted molar refractivity (Wildman–Crippen MR) is 127 cm³/mol. The van der Waals surface area contributed by atoms with Gasteiger partial charge in [0, 0.05) is 19.2 Å². The fraction of sp³-hybridized carbons (Fsp3) is 0.417. The van der Waals surface area contributed by atoms with Crippen molar-refractivity contribution in [2.24, 2.45) is 4.99 Å². The van der Waals surface area contributed by atoms with Crippen LogP contribution in [-0.4, -0.2) is 49.8 Å². The fourth-order valence-corrected chi connectivity index (χ4v) is 5.15. The lowest BCUT2D eigenvalue weighted by molar-refractivity contribution is 0.0601. The maximum Gasteiger partial charge on any atom is 0.437 e. The van der Waals surface area contributed by atoms with Gasteiger partial charge in [0.25, 0.3) is 0 Å². The highest BCUT2D eigenvalue weighted by Crippen LogP contribution is 2.33. The molecule has 1 heterocycles. The van der Waals surface area contributed by atoms with Crippen molar-refractivity contribution in [2.45, 2.75) is 44.9 Å². The Hall–Kier alpha value is -2.98. The molecule has 0 aliphatic carbocycles. The molecular formula is C24H30FN3O5S. The molecule has 0 aromatic heterocycles. The van der Waals surface area contributed by atoms with E-state index >= 15 is 0 Å². The number of guanidine groups is 1. The van der Waals surface area contributed by atoms with E-state index < -0.39 is 38.8 Å². The summed E-state index contributed by atoms with van der Waals surface area (Å²) in [5.41, 5.74) is -1.12. The quantitative estimate of drug-likeness (QED) is 0.618. The van der Waals surface area contributed by atoms with Crippen molar-refractivity contribution in [3.8, 4) is 0 Å². The summed E-state index contributed by atoms with van der Waals surface area (Å²) in [6.45, 7) is 5.48. The molecule has 184 valence electrons. The number of hydrogen-bond acceptors (Lipinski definition) is 5. The monoisotopic (exact) mass is 491 g/mol. The van der Waals surface area contributed by atoms with Crippen molar-refractivity contribution in [2.75, 3.05) is 19.4 Å². The fourth-order valence-electron chi connectivity index (χ4n) is 3.61. The van der Waals surface area contributed by atoms with Crippen LogP contribution in [0.3, 0.4) is 0 Å². The Morgan fingerprint density at radius 1 is 1.15 bits per heavy atom. The van der Waals surface area contributed by atoms with Crippen LogP contribution in [0.1, 0.15) is 38.3 Å². The van der Waals surface area contributed by atoms with Gasteiger partial charge in [0.05, 0.1) is 17.9 Å². The average molecular weight is 492 g/mol. The highest BCUT2D eigenvalue weighted by atomic mass is 32.2. The molecule has 0 spiro atoms. The van der Waals surface area contributed by atoms with Gasteiger partial charge >= 0.3 is 6.09 Å². The van der Waals surface area contributed by atoms with Crippen molar-refractivity contribution in [3.05, 3.63) is 71.5 Å². The van der Waals surface area contributed by atoms with E-state index in [0.29, 0.717) is 6.61 Å². The highest BCUT2D eigenvalue weighted by Gasteiger charge is 2.47. The third kappa shape index (κ3) is 6.32. The number of benzene rings is 2. The summed E-state index contributed by atoms with van der Waals surface area (Å²) in [5, 5.41) is 3.02. The van der Waals surface area contributed by atoms with E-state index in [9.17, 15) is 17.6 Å². The Morgan fingerprint density at radius 3 is 2.44 bits per heavy atom. The second-order valence-corrected chi connectivity index (χ2v) is 11.1. The number of halogens is 1. The second-order valence-electron chi connectivity index (χ2n) is 9.11. The molecule has 1 aliphatic heterocycles. The van der Waals surface area contributed by atoms with E-state index in [4.69, 9.17) is 9.47 Å². The van der Waals surface area contributed by atoms with Crippen LogP contribution < -0.4 is 5.32 Å². The average Bonchev–Trinajstić information content (AvgIpc) is 2.74. The normalized spacial score (nSPS) is 21.2. The minimum Gasteiger partial charge on any atom is -0.442 e. The number of hydrogen-bond donors (Lipinski definition) is 1. The molecule has 1 N–H and O–H groups in total. The molecule has 0 radical (unpaired) electrons. The van der Waals surface area contributed by atoms with Crippen LogP contribution in [0.5, 0.6) is 0 Å². The molecule has 0 bridgehead atoms. The Balaban J connectivity index is 1.93. The van der Waals surface area contributed by atoms with Crippen LogP contribution in [0.2, 0.25) is 0 Å². The molecular weight excluding hydrogens is 461 g/mol. The van der Waals surface area contributed by atoms with Crippen LogP contribution in [0.25, 0.3) is 0 Å². The van der Waals surface area contributed by atoms with E-state index in [0.717, 1.165) is 9.87 Å². The first-order chi connectivity index (χ1) is 15.9. The lowest BCUT2D eigenvalue weighted by atomic mass is 9.88. The zero-order valence-corrected chi connectivity index (χ0v) is 20.6. The van der Waals surface area contributed by atoms with E-state index in [-0.39, 0.29) is 24.6 Å². The highest BCUT2D eigenvalue weighted by molar-refractivity contribution is 7.89. The molecule has 2 aromatic carbocycles. The molecule has 1 unspecified atom stereocenters. The first-order valence-electron chi connectivity index (χ1n) is 10.9. The zero-order chi connectivity index (χ0) is 25.0. The van der Waals surface area contributed by atoms with Gasteiger partial charge in [0.2, 0.25) is 16.0 Å². The van der Waals surface area contributed by atoms with Crippen molar-refractivity contribution >= 4 is 22.1 Å². The standard InChI is InChI=1S/C24H30FN3O5S/c1-23(2,3)33-22(29)26-21-27-24(17-34(30,31)28(21)4,19-12-8-9-13-20(19)25)14-15-32-16-18-10-6-5-7-11-18/h5-13H,14-17H2,1-4H3,(H,26,27,29). The van der Waals surface area contributed by atoms with Crippen molar-refractivity contribution < 1.29 is 27.1 Å². The number of carbonyl (C=O) groups excluding carboxylic acids is 1. The summed E-state index contributed by atoms with van der Waals surface area (Å²) in [7, 11) is -2.67.